The molecular formula is C38H42O4. The van der Waals surface area contributed by atoms with Gasteiger partial charge in [-0.2, -0.15) is 0 Å². The monoisotopic (exact) mass is 562 g/mol. The van der Waals surface area contributed by atoms with Gasteiger partial charge in [0.2, 0.25) is 13.6 Å². The van der Waals surface area contributed by atoms with Crippen LogP contribution in [0.4, 0.5) is 0 Å². The van der Waals surface area contributed by atoms with Crippen molar-refractivity contribution in [2.75, 3.05) is 13.6 Å². The summed E-state index contributed by atoms with van der Waals surface area (Å²) in [7, 11) is 0. The number of benzene rings is 4. The predicted molar refractivity (Wildman–Crippen MR) is 168 cm³/mol. The van der Waals surface area contributed by atoms with Crippen LogP contribution in [0, 0.1) is 11.3 Å². The summed E-state index contributed by atoms with van der Waals surface area (Å²) in [6, 6.07) is 33.8. The maximum atomic E-state index is 6.02. The smallest absolute Gasteiger partial charge is 0.230 e. The van der Waals surface area contributed by atoms with Crippen molar-refractivity contribution in [1.82, 2.24) is 0 Å². The fourth-order valence-corrected chi connectivity index (χ4v) is 7.35. The van der Waals surface area contributed by atoms with Gasteiger partial charge in [-0.25, -0.2) is 0 Å². The predicted octanol–water partition coefficient (Wildman–Crippen LogP) is 9.29. The Hall–Kier alpha value is -3.92. The lowest BCUT2D eigenvalue weighted by atomic mass is 9.55. The van der Waals surface area contributed by atoms with Crippen molar-refractivity contribution in [3.8, 4) is 23.0 Å². The van der Waals surface area contributed by atoms with E-state index in [1.54, 1.807) is 0 Å². The second-order valence-electron chi connectivity index (χ2n) is 13.5. The van der Waals surface area contributed by atoms with Crippen LogP contribution < -0.4 is 18.9 Å². The minimum absolute atomic E-state index is 0.0870. The van der Waals surface area contributed by atoms with Crippen LogP contribution in [0.1, 0.15) is 76.1 Å². The second kappa shape index (κ2) is 11.1. The van der Waals surface area contributed by atoms with Crippen LogP contribution in [-0.4, -0.2) is 13.6 Å². The quantitative estimate of drug-likeness (QED) is 0.214. The summed E-state index contributed by atoms with van der Waals surface area (Å²) in [5, 5.41) is 0. The van der Waals surface area contributed by atoms with E-state index in [9.17, 15) is 0 Å². The highest BCUT2D eigenvalue weighted by atomic mass is 16.7. The van der Waals surface area contributed by atoms with Gasteiger partial charge in [-0.1, -0.05) is 83.1 Å². The third kappa shape index (κ3) is 5.72. The van der Waals surface area contributed by atoms with Gasteiger partial charge in [0.05, 0.1) is 0 Å². The molecule has 218 valence electrons. The Morgan fingerprint density at radius 2 is 0.810 bits per heavy atom. The van der Waals surface area contributed by atoms with Crippen molar-refractivity contribution in [2.24, 2.45) is 11.3 Å². The summed E-state index contributed by atoms with van der Waals surface area (Å²) >= 11 is 0. The average molecular weight is 563 g/mol. The lowest BCUT2D eigenvalue weighted by Gasteiger charge is -2.48. The standard InChI is InChI=1S/C38H42O4/c1-27-22-36(2,3)24-38(23-27)30-10-18-34(19-11-30)41-25-39-32-14-6-28(7-15-32)37(4,5)29-8-16-33(17-9-29)40-26-42-35-20-12-31(38)13-21-35/h6-21,27H,22-26H2,1-5H3. The number of rotatable bonds is 0. The molecular weight excluding hydrogens is 520 g/mol. The van der Waals surface area contributed by atoms with E-state index in [1.165, 1.54) is 28.7 Å². The first-order valence-corrected chi connectivity index (χ1v) is 15.1. The van der Waals surface area contributed by atoms with Crippen LogP contribution in [0.25, 0.3) is 0 Å². The molecule has 42 heavy (non-hydrogen) atoms. The minimum Gasteiger partial charge on any atom is -0.458 e. The van der Waals surface area contributed by atoms with Crippen molar-refractivity contribution < 1.29 is 18.9 Å². The average Bonchev–Trinajstić information content (AvgIpc) is 2.97. The Bertz CT molecular complexity index is 1380. The van der Waals surface area contributed by atoms with Gasteiger partial charge in [-0.15, -0.1) is 0 Å². The zero-order chi connectivity index (χ0) is 29.4. The normalized spacial score (nSPS) is 20.6. The Kier molecular flexibility index (Phi) is 7.43. The topological polar surface area (TPSA) is 36.9 Å². The van der Waals surface area contributed by atoms with E-state index in [1.807, 2.05) is 24.3 Å². The molecule has 8 bridgehead atoms. The zero-order valence-electron chi connectivity index (χ0n) is 25.5. The van der Waals surface area contributed by atoms with E-state index in [0.29, 0.717) is 5.92 Å². The molecule has 1 saturated carbocycles. The van der Waals surface area contributed by atoms with Crippen LogP contribution in [-0.2, 0) is 10.8 Å². The summed E-state index contributed by atoms with van der Waals surface area (Å²) in [6.45, 7) is 11.9. The Labute approximate surface area is 250 Å². The maximum Gasteiger partial charge on any atom is 0.230 e. The molecule has 1 fully saturated rings. The van der Waals surface area contributed by atoms with Crippen LogP contribution in [0.3, 0.4) is 0 Å². The van der Waals surface area contributed by atoms with E-state index >= 15 is 0 Å². The Balaban J connectivity index is 1.34. The lowest BCUT2D eigenvalue weighted by molar-refractivity contribution is 0.118. The fourth-order valence-electron chi connectivity index (χ4n) is 7.35. The van der Waals surface area contributed by atoms with Gasteiger partial charge >= 0.3 is 0 Å². The van der Waals surface area contributed by atoms with Crippen LogP contribution in [0.2, 0.25) is 0 Å². The molecule has 4 heteroatoms. The molecule has 7 aliphatic heterocycles. The molecule has 0 aromatic heterocycles. The molecule has 4 aromatic carbocycles. The van der Waals surface area contributed by atoms with Gasteiger partial charge in [-0.05, 0) is 101 Å². The molecule has 0 saturated heterocycles. The second-order valence-corrected chi connectivity index (χ2v) is 13.5. The van der Waals surface area contributed by atoms with E-state index in [2.05, 4.69) is 107 Å². The summed E-state index contributed by atoms with van der Waals surface area (Å²) in [4.78, 5) is 0. The third-order valence-electron chi connectivity index (χ3n) is 9.25. The molecule has 1 unspecified atom stereocenters. The highest BCUT2D eigenvalue weighted by molar-refractivity contribution is 5.45. The molecule has 1 spiro atoms. The molecule has 8 aliphatic rings. The molecule has 12 rings (SSSR count). The summed E-state index contributed by atoms with van der Waals surface area (Å²) in [5.41, 5.74) is 5.02. The van der Waals surface area contributed by atoms with Crippen molar-refractivity contribution in [2.45, 2.75) is 64.7 Å². The molecule has 0 radical (unpaired) electrons. The number of hydrogen-bond donors (Lipinski definition) is 0. The van der Waals surface area contributed by atoms with Crippen LogP contribution in [0.5, 0.6) is 23.0 Å². The van der Waals surface area contributed by atoms with E-state index in [-0.39, 0.29) is 29.8 Å². The molecule has 4 nitrogen and oxygen atoms in total. The van der Waals surface area contributed by atoms with Crippen LogP contribution in [0.15, 0.2) is 97.1 Å². The first kappa shape index (κ1) is 28.2. The maximum absolute atomic E-state index is 6.02. The molecule has 1 aliphatic carbocycles. The fraction of sp³-hybridized carbons (Fsp3) is 0.368. The van der Waals surface area contributed by atoms with E-state index in [0.717, 1.165) is 35.8 Å². The highest BCUT2D eigenvalue weighted by Crippen LogP contribution is 2.53. The summed E-state index contributed by atoms with van der Waals surface area (Å²) in [5.74, 6) is 3.78. The first-order valence-electron chi connectivity index (χ1n) is 15.1. The van der Waals surface area contributed by atoms with Gasteiger partial charge in [0.1, 0.15) is 23.0 Å². The van der Waals surface area contributed by atoms with E-state index < -0.39 is 0 Å². The molecule has 1 atom stereocenters. The number of hydrogen-bond acceptors (Lipinski definition) is 4. The van der Waals surface area contributed by atoms with Gasteiger partial charge in [0.15, 0.2) is 0 Å². The van der Waals surface area contributed by atoms with Crippen molar-refractivity contribution in [3.63, 3.8) is 0 Å². The SMILES string of the molecule is CC1CC(C)(C)CC2(C1)c1ccc(cc1)OCOc1ccc(cc1)C(C)(C)c1ccc(cc1)OCOc1ccc2cc1. The third-order valence-corrected chi connectivity index (χ3v) is 9.25. The zero-order valence-corrected chi connectivity index (χ0v) is 25.5. The van der Waals surface area contributed by atoms with Crippen molar-refractivity contribution in [3.05, 3.63) is 119 Å². The molecule has 0 amide bonds. The van der Waals surface area contributed by atoms with Gasteiger partial charge in [0.25, 0.3) is 0 Å². The minimum atomic E-state index is -0.177. The number of ether oxygens (including phenoxy) is 4. The Morgan fingerprint density at radius 1 is 0.476 bits per heavy atom. The van der Waals surface area contributed by atoms with Gasteiger partial charge < -0.3 is 18.9 Å². The van der Waals surface area contributed by atoms with Gasteiger partial charge in [0, 0.05) is 10.8 Å². The van der Waals surface area contributed by atoms with Crippen molar-refractivity contribution in [1.29, 1.82) is 0 Å². The van der Waals surface area contributed by atoms with Crippen molar-refractivity contribution >= 4 is 0 Å². The van der Waals surface area contributed by atoms with Gasteiger partial charge in [-0.3, -0.25) is 0 Å². The molecule has 4 aromatic rings. The summed E-state index contributed by atoms with van der Waals surface area (Å²) < 4.78 is 23.9. The molecule has 0 N–H and O–H groups in total. The largest absolute Gasteiger partial charge is 0.458 e. The Morgan fingerprint density at radius 3 is 1.14 bits per heavy atom. The first-order chi connectivity index (χ1) is 20.1. The summed E-state index contributed by atoms with van der Waals surface area (Å²) in [6.07, 6.45) is 3.41. The van der Waals surface area contributed by atoms with E-state index in [4.69, 9.17) is 18.9 Å². The molecule has 7 heterocycles. The highest BCUT2D eigenvalue weighted by Gasteiger charge is 2.45. The lowest BCUT2D eigenvalue weighted by Crippen LogP contribution is -2.41. The van der Waals surface area contributed by atoms with Crippen LogP contribution >= 0.6 is 0 Å².